The molecule has 0 radical (unpaired) electrons. The Hall–Kier alpha value is -2.94. The van der Waals surface area contributed by atoms with E-state index in [1.165, 1.54) is 13.0 Å². The van der Waals surface area contributed by atoms with Crippen molar-refractivity contribution in [3.05, 3.63) is 93.3 Å². The van der Waals surface area contributed by atoms with E-state index in [4.69, 9.17) is 16.3 Å². The molecule has 0 spiro atoms. The summed E-state index contributed by atoms with van der Waals surface area (Å²) < 4.78 is 105. The van der Waals surface area contributed by atoms with Crippen molar-refractivity contribution in [3.8, 4) is 11.5 Å². The molecule has 0 aliphatic rings. The van der Waals surface area contributed by atoms with Crippen molar-refractivity contribution < 1.29 is 40.2 Å². The van der Waals surface area contributed by atoms with Crippen LogP contribution in [-0.4, -0.2) is 0 Å². The van der Waals surface area contributed by atoms with E-state index >= 15 is 0 Å². The molecule has 0 aromatic heterocycles. The monoisotopic (exact) mass is 464 g/mol. The summed E-state index contributed by atoms with van der Waals surface area (Å²) in [7, 11) is 0. The van der Waals surface area contributed by atoms with Gasteiger partial charge in [-0.2, -0.15) is 8.78 Å². The maximum Gasteiger partial charge on any atom is 0.432 e. The summed E-state index contributed by atoms with van der Waals surface area (Å²) in [6.45, 7) is 0.992. The Morgan fingerprint density at radius 3 is 1.94 bits per heavy atom. The first-order valence-electron chi connectivity index (χ1n) is 8.56. The lowest BCUT2D eigenvalue weighted by atomic mass is 10.1. The molecule has 31 heavy (non-hydrogen) atoms. The minimum Gasteiger partial charge on any atom is -0.489 e. The highest BCUT2D eigenvalue weighted by Crippen LogP contribution is 2.36. The summed E-state index contributed by atoms with van der Waals surface area (Å²) in [6.07, 6.45) is -4.34. The number of hydrogen-bond acceptors (Lipinski definition) is 2. The third-order valence-electron chi connectivity index (χ3n) is 4.10. The molecule has 0 heterocycles. The van der Waals surface area contributed by atoms with Gasteiger partial charge in [-0.25, -0.2) is 22.0 Å². The molecule has 0 aliphatic heterocycles. The van der Waals surface area contributed by atoms with E-state index in [1.54, 1.807) is 0 Å². The number of hydrogen-bond donors (Lipinski definition) is 0. The normalized spacial score (nSPS) is 11.5. The molecule has 3 aromatic carbocycles. The molecule has 0 N–H and O–H groups in total. The molecule has 0 aliphatic carbocycles. The van der Waals surface area contributed by atoms with Gasteiger partial charge in [-0.05, 0) is 36.8 Å². The van der Waals surface area contributed by atoms with E-state index in [9.17, 15) is 30.7 Å². The Morgan fingerprint density at radius 2 is 1.39 bits per heavy atom. The second-order valence-electron chi connectivity index (χ2n) is 6.47. The summed E-state index contributed by atoms with van der Waals surface area (Å²) in [4.78, 5) is 0. The van der Waals surface area contributed by atoms with Crippen LogP contribution in [0.15, 0.2) is 42.5 Å². The molecule has 0 saturated carbocycles. The topological polar surface area (TPSA) is 18.5 Å². The molecular weight excluding hydrogens is 453 g/mol. The molecule has 3 rings (SSSR count). The number of rotatable bonds is 6. The van der Waals surface area contributed by atoms with E-state index in [0.717, 1.165) is 24.3 Å². The minimum atomic E-state index is -4.34. The van der Waals surface area contributed by atoms with E-state index in [1.807, 2.05) is 0 Å². The molecular formula is C21H12ClF7O2. The summed E-state index contributed by atoms with van der Waals surface area (Å²) in [5.74, 6) is -8.35. The fraction of sp³-hybridized carbons (Fsp3) is 0.143. The van der Waals surface area contributed by atoms with Crippen molar-refractivity contribution in [1.29, 1.82) is 0 Å². The highest BCUT2D eigenvalue weighted by Gasteiger charge is 2.41. The third kappa shape index (κ3) is 5.04. The standard InChI is InChI=1S/C21H12ClF7O2/c1-10-4-15(23)19(16(24)5-10)21(28,29)31-12-3-2-11(14(22)6-12)9-30-13-7-17(25)20(27)18(26)8-13/h2-8H,9H2,1H3. The zero-order chi connectivity index (χ0) is 22.9. The number of aryl methyl sites for hydroxylation is 1. The summed E-state index contributed by atoms with van der Waals surface area (Å²) in [6, 6.07) is 5.91. The van der Waals surface area contributed by atoms with E-state index in [2.05, 4.69) is 4.74 Å². The highest BCUT2D eigenvalue weighted by atomic mass is 35.5. The summed E-state index contributed by atoms with van der Waals surface area (Å²) in [5, 5.41) is -0.138. The molecule has 0 bridgehead atoms. The van der Waals surface area contributed by atoms with Crippen molar-refractivity contribution in [2.75, 3.05) is 0 Å². The largest absolute Gasteiger partial charge is 0.489 e. The van der Waals surface area contributed by atoms with E-state index in [0.29, 0.717) is 12.1 Å². The van der Waals surface area contributed by atoms with Crippen molar-refractivity contribution >= 4 is 11.6 Å². The molecule has 0 saturated heterocycles. The van der Waals surface area contributed by atoms with Gasteiger partial charge >= 0.3 is 6.11 Å². The van der Waals surface area contributed by atoms with Gasteiger partial charge in [0, 0.05) is 17.7 Å². The van der Waals surface area contributed by atoms with Gasteiger partial charge in [-0.15, -0.1) is 0 Å². The lowest BCUT2D eigenvalue weighted by Crippen LogP contribution is -2.25. The Balaban J connectivity index is 1.76. The first kappa shape index (κ1) is 22.7. The van der Waals surface area contributed by atoms with Crippen molar-refractivity contribution in [2.24, 2.45) is 0 Å². The van der Waals surface area contributed by atoms with Gasteiger partial charge < -0.3 is 9.47 Å². The van der Waals surface area contributed by atoms with E-state index < -0.39 is 46.5 Å². The molecule has 2 nitrogen and oxygen atoms in total. The molecule has 164 valence electrons. The quantitative estimate of drug-likeness (QED) is 0.287. The predicted octanol–water partition coefficient (Wildman–Crippen LogP) is 7.05. The van der Waals surface area contributed by atoms with Crippen LogP contribution in [-0.2, 0) is 12.7 Å². The van der Waals surface area contributed by atoms with E-state index in [-0.39, 0.29) is 28.5 Å². The van der Waals surface area contributed by atoms with Gasteiger partial charge in [-0.1, -0.05) is 17.7 Å². The minimum absolute atomic E-state index is 0.114. The van der Waals surface area contributed by atoms with Crippen LogP contribution in [0.2, 0.25) is 5.02 Å². The van der Waals surface area contributed by atoms with Crippen molar-refractivity contribution in [1.82, 2.24) is 0 Å². The van der Waals surface area contributed by atoms with Gasteiger partial charge in [0.05, 0.1) is 5.02 Å². The SMILES string of the molecule is Cc1cc(F)c(C(F)(F)Oc2ccc(COc3cc(F)c(F)c(F)c3)c(Cl)c2)c(F)c1. The van der Waals surface area contributed by atoms with Crippen LogP contribution in [0.3, 0.4) is 0 Å². The van der Waals surface area contributed by atoms with Crippen LogP contribution < -0.4 is 9.47 Å². The van der Waals surface area contributed by atoms with Crippen molar-refractivity contribution in [2.45, 2.75) is 19.6 Å². The number of benzene rings is 3. The average Bonchev–Trinajstić information content (AvgIpc) is 2.63. The Morgan fingerprint density at radius 1 is 0.806 bits per heavy atom. The fourth-order valence-electron chi connectivity index (χ4n) is 2.66. The van der Waals surface area contributed by atoms with Crippen LogP contribution in [0, 0.1) is 36.0 Å². The highest BCUT2D eigenvalue weighted by molar-refractivity contribution is 6.31. The Bertz CT molecular complexity index is 1090. The fourth-order valence-corrected chi connectivity index (χ4v) is 2.89. The van der Waals surface area contributed by atoms with Crippen molar-refractivity contribution in [3.63, 3.8) is 0 Å². The van der Waals surface area contributed by atoms with Crippen LogP contribution in [0.25, 0.3) is 0 Å². The number of halogens is 8. The molecule has 10 heteroatoms. The van der Waals surface area contributed by atoms with Gasteiger partial charge in [0.15, 0.2) is 17.5 Å². The predicted molar refractivity (Wildman–Crippen MR) is 97.7 cm³/mol. The van der Waals surface area contributed by atoms with Crippen LogP contribution in [0.5, 0.6) is 11.5 Å². The smallest absolute Gasteiger partial charge is 0.432 e. The molecule has 3 aromatic rings. The Labute approximate surface area is 176 Å². The molecule has 0 fully saturated rings. The molecule has 0 atom stereocenters. The third-order valence-corrected chi connectivity index (χ3v) is 4.45. The Kier molecular flexibility index (Phi) is 6.35. The van der Waals surface area contributed by atoms with Gasteiger partial charge in [-0.3, -0.25) is 0 Å². The van der Waals surface area contributed by atoms with Crippen LogP contribution >= 0.6 is 11.6 Å². The lowest BCUT2D eigenvalue weighted by Gasteiger charge is -2.20. The van der Waals surface area contributed by atoms with Gasteiger partial charge in [0.2, 0.25) is 0 Å². The second-order valence-corrected chi connectivity index (χ2v) is 6.87. The second kappa shape index (κ2) is 8.66. The first-order chi connectivity index (χ1) is 14.5. The molecule has 0 amide bonds. The number of ether oxygens (including phenoxy) is 2. The molecule has 0 unspecified atom stereocenters. The summed E-state index contributed by atoms with van der Waals surface area (Å²) in [5.41, 5.74) is -1.24. The zero-order valence-electron chi connectivity index (χ0n) is 15.6. The maximum atomic E-state index is 14.3. The zero-order valence-corrected chi connectivity index (χ0v) is 16.3. The first-order valence-corrected chi connectivity index (χ1v) is 8.94. The summed E-state index contributed by atoms with van der Waals surface area (Å²) >= 11 is 5.98. The maximum absolute atomic E-state index is 14.3. The lowest BCUT2D eigenvalue weighted by molar-refractivity contribution is -0.189. The van der Waals surface area contributed by atoms with Crippen LogP contribution in [0.1, 0.15) is 16.7 Å². The van der Waals surface area contributed by atoms with Gasteiger partial charge in [0.1, 0.15) is 35.3 Å². The van der Waals surface area contributed by atoms with Gasteiger partial charge in [0.25, 0.3) is 0 Å². The van der Waals surface area contributed by atoms with Crippen LogP contribution in [0.4, 0.5) is 30.7 Å². The average molecular weight is 465 g/mol. The number of alkyl halides is 2.